The van der Waals surface area contributed by atoms with Crippen molar-refractivity contribution in [2.75, 3.05) is 32.1 Å². The number of carbonyl (C=O) groups excluding carboxylic acids is 2. The number of methoxy groups -OCH3 is 1. The second kappa shape index (κ2) is 9.18. The summed E-state index contributed by atoms with van der Waals surface area (Å²) in [6.45, 7) is 1.38. The number of carbonyl (C=O) groups is 2. The molecule has 0 bridgehead atoms. The van der Waals surface area contributed by atoms with E-state index in [9.17, 15) is 14.0 Å². The molecule has 1 aliphatic heterocycles. The van der Waals surface area contributed by atoms with Gasteiger partial charge in [0.2, 0.25) is 5.91 Å². The summed E-state index contributed by atoms with van der Waals surface area (Å²) in [4.78, 5) is 26.0. The molecule has 1 saturated heterocycles. The first-order valence-corrected chi connectivity index (χ1v) is 8.92. The number of ether oxygens (including phenoxy) is 2. The average Bonchev–Trinajstić information content (AvgIpc) is 3.02. The lowest BCUT2D eigenvalue weighted by atomic mass is 10.2. The topological polar surface area (TPSA) is 79.9 Å². The van der Waals surface area contributed by atoms with Crippen molar-refractivity contribution >= 4 is 17.6 Å². The summed E-state index contributed by atoms with van der Waals surface area (Å²) < 4.78 is 24.4. The third kappa shape index (κ3) is 4.98. The SMILES string of the molecule is COCCN1CC(NC(=O)Nc2ccccc2Oc2ccccc2F)CC1=O. The van der Waals surface area contributed by atoms with Crippen molar-refractivity contribution in [3.05, 3.63) is 54.3 Å². The molecule has 3 rings (SSSR count). The number of para-hydroxylation sites is 3. The fraction of sp³-hybridized carbons (Fsp3) is 0.300. The van der Waals surface area contributed by atoms with E-state index in [0.29, 0.717) is 31.1 Å². The summed E-state index contributed by atoms with van der Waals surface area (Å²) >= 11 is 0. The second-order valence-electron chi connectivity index (χ2n) is 6.36. The zero-order valence-corrected chi connectivity index (χ0v) is 15.5. The molecule has 1 heterocycles. The van der Waals surface area contributed by atoms with Crippen molar-refractivity contribution in [2.45, 2.75) is 12.5 Å². The minimum absolute atomic E-state index is 0.0226. The standard InChI is InChI=1S/C20H22FN3O4/c1-27-11-10-24-13-14(12-19(24)25)22-20(26)23-16-7-3-5-9-18(16)28-17-8-4-2-6-15(17)21/h2-9,14H,10-13H2,1H3,(H2,22,23,26). The molecule has 148 valence electrons. The minimum atomic E-state index is -0.498. The molecular formula is C20H22FN3O4. The van der Waals surface area contributed by atoms with Crippen LogP contribution < -0.4 is 15.4 Å². The highest BCUT2D eigenvalue weighted by atomic mass is 19.1. The van der Waals surface area contributed by atoms with Crippen LogP contribution >= 0.6 is 0 Å². The molecule has 2 aromatic rings. The normalized spacial score (nSPS) is 16.1. The number of benzene rings is 2. The van der Waals surface area contributed by atoms with Gasteiger partial charge in [-0.05, 0) is 24.3 Å². The first-order chi connectivity index (χ1) is 13.6. The van der Waals surface area contributed by atoms with E-state index in [1.807, 2.05) is 0 Å². The fourth-order valence-corrected chi connectivity index (χ4v) is 2.94. The zero-order chi connectivity index (χ0) is 19.9. The van der Waals surface area contributed by atoms with Crippen LogP contribution in [0.5, 0.6) is 11.5 Å². The van der Waals surface area contributed by atoms with Gasteiger partial charge in [0.15, 0.2) is 17.3 Å². The number of hydrogen-bond donors (Lipinski definition) is 2. The molecule has 0 radical (unpaired) electrons. The van der Waals surface area contributed by atoms with Gasteiger partial charge < -0.3 is 25.0 Å². The van der Waals surface area contributed by atoms with Gasteiger partial charge in [-0.1, -0.05) is 24.3 Å². The minimum Gasteiger partial charge on any atom is -0.452 e. The molecule has 1 atom stereocenters. The van der Waals surface area contributed by atoms with E-state index in [0.717, 1.165) is 0 Å². The highest BCUT2D eigenvalue weighted by molar-refractivity contribution is 5.92. The predicted molar refractivity (Wildman–Crippen MR) is 102 cm³/mol. The number of anilines is 1. The smallest absolute Gasteiger partial charge is 0.319 e. The van der Waals surface area contributed by atoms with Gasteiger partial charge in [-0.2, -0.15) is 0 Å². The van der Waals surface area contributed by atoms with Crippen LogP contribution in [0.25, 0.3) is 0 Å². The van der Waals surface area contributed by atoms with Crippen molar-refractivity contribution in [3.8, 4) is 11.5 Å². The van der Waals surface area contributed by atoms with E-state index in [2.05, 4.69) is 10.6 Å². The Bertz CT molecular complexity index is 846. The molecule has 0 spiro atoms. The summed E-state index contributed by atoms with van der Waals surface area (Å²) in [5.41, 5.74) is 0.392. The molecule has 2 aromatic carbocycles. The van der Waals surface area contributed by atoms with Gasteiger partial charge in [0.1, 0.15) is 0 Å². The maximum Gasteiger partial charge on any atom is 0.319 e. The quantitative estimate of drug-likeness (QED) is 0.766. The van der Waals surface area contributed by atoms with E-state index in [1.165, 1.54) is 12.1 Å². The Morgan fingerprint density at radius 3 is 2.64 bits per heavy atom. The number of urea groups is 1. The molecule has 0 aromatic heterocycles. The van der Waals surface area contributed by atoms with Crippen molar-refractivity contribution in [1.29, 1.82) is 0 Å². The van der Waals surface area contributed by atoms with Gasteiger partial charge in [0.25, 0.3) is 0 Å². The first-order valence-electron chi connectivity index (χ1n) is 8.92. The third-order valence-electron chi connectivity index (χ3n) is 4.31. The Labute approximate surface area is 162 Å². The third-order valence-corrected chi connectivity index (χ3v) is 4.31. The van der Waals surface area contributed by atoms with Gasteiger partial charge in [-0.3, -0.25) is 4.79 Å². The van der Waals surface area contributed by atoms with Crippen molar-refractivity contribution in [3.63, 3.8) is 0 Å². The van der Waals surface area contributed by atoms with Crippen LogP contribution in [0.15, 0.2) is 48.5 Å². The summed E-state index contributed by atoms with van der Waals surface area (Å²) in [7, 11) is 1.57. The molecule has 1 unspecified atom stereocenters. The lowest BCUT2D eigenvalue weighted by Crippen LogP contribution is -2.40. The number of likely N-dealkylation sites (tertiary alicyclic amines) is 1. The molecule has 28 heavy (non-hydrogen) atoms. The Morgan fingerprint density at radius 1 is 1.18 bits per heavy atom. The van der Waals surface area contributed by atoms with Crippen molar-refractivity contribution in [1.82, 2.24) is 10.2 Å². The summed E-state index contributed by atoms with van der Waals surface area (Å²) in [6.07, 6.45) is 0.241. The van der Waals surface area contributed by atoms with Crippen LogP contribution in [-0.2, 0) is 9.53 Å². The molecule has 0 saturated carbocycles. The van der Waals surface area contributed by atoms with E-state index in [4.69, 9.17) is 9.47 Å². The number of nitrogens with zero attached hydrogens (tertiary/aromatic N) is 1. The predicted octanol–water partition coefficient (Wildman–Crippen LogP) is 2.99. The summed E-state index contributed by atoms with van der Waals surface area (Å²) in [5.74, 6) is -0.146. The number of rotatable bonds is 7. The van der Waals surface area contributed by atoms with Crippen LogP contribution in [-0.4, -0.2) is 49.7 Å². The lowest BCUT2D eigenvalue weighted by Gasteiger charge is -2.17. The Kier molecular flexibility index (Phi) is 6.44. The second-order valence-corrected chi connectivity index (χ2v) is 6.36. The number of amides is 3. The summed E-state index contributed by atoms with van der Waals surface area (Å²) in [6, 6.07) is 12.0. The van der Waals surface area contributed by atoms with Crippen molar-refractivity contribution in [2.24, 2.45) is 0 Å². The average molecular weight is 387 g/mol. The Morgan fingerprint density at radius 2 is 1.89 bits per heavy atom. The highest BCUT2D eigenvalue weighted by Crippen LogP contribution is 2.30. The van der Waals surface area contributed by atoms with Crippen LogP contribution in [0.1, 0.15) is 6.42 Å². The largest absolute Gasteiger partial charge is 0.452 e. The monoisotopic (exact) mass is 387 g/mol. The highest BCUT2D eigenvalue weighted by Gasteiger charge is 2.30. The maximum atomic E-state index is 13.8. The van der Waals surface area contributed by atoms with Crippen LogP contribution in [0.2, 0.25) is 0 Å². The lowest BCUT2D eigenvalue weighted by molar-refractivity contribution is -0.128. The van der Waals surface area contributed by atoms with Crippen LogP contribution in [0.3, 0.4) is 0 Å². The zero-order valence-electron chi connectivity index (χ0n) is 15.5. The van der Waals surface area contributed by atoms with Gasteiger partial charge in [-0.15, -0.1) is 0 Å². The Hall–Kier alpha value is -3.13. The van der Waals surface area contributed by atoms with E-state index < -0.39 is 11.8 Å². The fourth-order valence-electron chi connectivity index (χ4n) is 2.94. The first kappa shape index (κ1) is 19.6. The molecule has 1 fully saturated rings. The molecule has 8 heteroatoms. The number of hydrogen-bond acceptors (Lipinski definition) is 4. The van der Waals surface area contributed by atoms with E-state index in [1.54, 1.807) is 48.4 Å². The summed E-state index contributed by atoms with van der Waals surface area (Å²) in [5, 5.41) is 5.48. The van der Waals surface area contributed by atoms with Crippen molar-refractivity contribution < 1.29 is 23.5 Å². The Balaban J connectivity index is 1.60. The van der Waals surface area contributed by atoms with Crippen LogP contribution in [0.4, 0.5) is 14.9 Å². The molecular weight excluding hydrogens is 365 g/mol. The molecule has 3 amide bonds. The molecule has 1 aliphatic rings. The van der Waals surface area contributed by atoms with Gasteiger partial charge >= 0.3 is 6.03 Å². The van der Waals surface area contributed by atoms with Crippen LogP contribution in [0, 0.1) is 5.82 Å². The molecule has 0 aliphatic carbocycles. The number of halogens is 1. The van der Waals surface area contributed by atoms with Gasteiger partial charge in [-0.25, -0.2) is 9.18 Å². The molecule has 2 N–H and O–H groups in total. The van der Waals surface area contributed by atoms with E-state index in [-0.39, 0.29) is 24.1 Å². The maximum absolute atomic E-state index is 13.8. The van der Waals surface area contributed by atoms with Gasteiger partial charge in [0, 0.05) is 26.6 Å². The van der Waals surface area contributed by atoms with E-state index >= 15 is 0 Å². The molecule has 7 nitrogen and oxygen atoms in total. The number of nitrogens with one attached hydrogen (secondary N) is 2. The van der Waals surface area contributed by atoms with Gasteiger partial charge in [0.05, 0.1) is 18.3 Å².